The Bertz CT molecular complexity index is 753. The van der Waals surface area contributed by atoms with Crippen molar-refractivity contribution in [3.8, 4) is 0 Å². The third-order valence-electron chi connectivity index (χ3n) is 6.21. The minimum absolute atomic E-state index is 0.109. The molecule has 2 aromatic rings. The van der Waals surface area contributed by atoms with Crippen molar-refractivity contribution >= 4 is 16.9 Å². The van der Waals surface area contributed by atoms with Crippen molar-refractivity contribution in [1.82, 2.24) is 15.3 Å². The molecule has 3 aliphatic rings. The molecule has 120 valence electrons. The molecule has 1 N–H and O–H groups in total. The average Bonchev–Trinajstić information content (AvgIpc) is 2.59. The van der Waals surface area contributed by atoms with E-state index < -0.39 is 0 Å². The highest BCUT2D eigenvalue weighted by molar-refractivity contribution is 5.93. The van der Waals surface area contributed by atoms with E-state index in [9.17, 15) is 4.79 Å². The maximum Gasteiger partial charge on any atom is 0.271 e. The monoisotopic (exact) mass is 309 g/mol. The summed E-state index contributed by atoms with van der Waals surface area (Å²) in [6.45, 7) is 5.53. The average molecular weight is 309 g/mol. The van der Waals surface area contributed by atoms with Crippen molar-refractivity contribution in [2.45, 2.75) is 33.1 Å². The van der Waals surface area contributed by atoms with Gasteiger partial charge in [-0.3, -0.25) is 9.78 Å². The lowest BCUT2D eigenvalue weighted by Gasteiger charge is -2.60. The van der Waals surface area contributed by atoms with E-state index in [0.29, 0.717) is 17.0 Å². The summed E-state index contributed by atoms with van der Waals surface area (Å²) < 4.78 is 0. The van der Waals surface area contributed by atoms with Crippen molar-refractivity contribution in [3.05, 3.63) is 36.2 Å². The minimum Gasteiger partial charge on any atom is -0.350 e. The molecule has 3 fully saturated rings. The molecule has 3 atom stereocenters. The zero-order valence-electron chi connectivity index (χ0n) is 13.7. The van der Waals surface area contributed by atoms with Gasteiger partial charge in [-0.25, -0.2) is 4.98 Å². The van der Waals surface area contributed by atoms with Crippen LogP contribution in [0, 0.1) is 23.2 Å². The van der Waals surface area contributed by atoms with Crippen molar-refractivity contribution in [3.63, 3.8) is 0 Å². The first-order valence-corrected chi connectivity index (χ1v) is 8.55. The van der Waals surface area contributed by atoms with Gasteiger partial charge in [0.1, 0.15) is 5.69 Å². The van der Waals surface area contributed by atoms with Crippen LogP contribution in [0.3, 0.4) is 0 Å². The predicted octanol–water partition coefficient (Wildman–Crippen LogP) is 3.43. The van der Waals surface area contributed by atoms with Gasteiger partial charge in [-0.1, -0.05) is 26.0 Å². The first kappa shape index (κ1) is 14.6. The van der Waals surface area contributed by atoms with E-state index in [-0.39, 0.29) is 5.91 Å². The molecule has 1 heterocycles. The van der Waals surface area contributed by atoms with Gasteiger partial charge in [-0.2, -0.15) is 0 Å². The van der Waals surface area contributed by atoms with E-state index in [1.807, 2.05) is 24.3 Å². The number of carbonyl (C=O) groups excluding carboxylic acids is 1. The lowest BCUT2D eigenvalue weighted by Crippen LogP contribution is -2.54. The second kappa shape index (κ2) is 5.29. The maximum atomic E-state index is 12.4. The molecule has 0 saturated heterocycles. The van der Waals surface area contributed by atoms with Crippen LogP contribution in [0.4, 0.5) is 0 Å². The van der Waals surface area contributed by atoms with Crippen molar-refractivity contribution in [2.24, 2.45) is 23.2 Å². The van der Waals surface area contributed by atoms with Crippen molar-refractivity contribution in [1.29, 1.82) is 0 Å². The van der Waals surface area contributed by atoms with Gasteiger partial charge in [0.05, 0.1) is 17.2 Å². The van der Waals surface area contributed by atoms with Crippen LogP contribution in [-0.2, 0) is 0 Å². The number of amides is 1. The Labute approximate surface area is 136 Å². The fourth-order valence-electron chi connectivity index (χ4n) is 4.59. The second-order valence-electron chi connectivity index (χ2n) is 7.65. The summed E-state index contributed by atoms with van der Waals surface area (Å²) in [4.78, 5) is 21.1. The highest BCUT2D eigenvalue weighted by Crippen LogP contribution is 2.61. The van der Waals surface area contributed by atoms with Gasteiger partial charge < -0.3 is 5.32 Å². The number of benzene rings is 1. The fraction of sp³-hybridized carbons (Fsp3) is 0.526. The van der Waals surface area contributed by atoms with Crippen LogP contribution in [0.25, 0.3) is 11.0 Å². The van der Waals surface area contributed by atoms with Crippen LogP contribution in [0.5, 0.6) is 0 Å². The van der Waals surface area contributed by atoms with Gasteiger partial charge in [0, 0.05) is 6.54 Å². The lowest BCUT2D eigenvalue weighted by molar-refractivity contribution is -0.103. The summed E-state index contributed by atoms with van der Waals surface area (Å²) in [5, 5.41) is 3.08. The number of hydrogen-bond donors (Lipinski definition) is 1. The van der Waals surface area contributed by atoms with Gasteiger partial charge >= 0.3 is 0 Å². The summed E-state index contributed by atoms with van der Waals surface area (Å²) in [6.07, 6.45) is 5.45. The molecule has 1 aromatic carbocycles. The Balaban J connectivity index is 1.43. The van der Waals surface area contributed by atoms with Crippen LogP contribution >= 0.6 is 0 Å². The summed E-state index contributed by atoms with van der Waals surface area (Å²) in [5.74, 6) is 2.14. The Hall–Kier alpha value is -1.97. The van der Waals surface area contributed by atoms with E-state index >= 15 is 0 Å². The third kappa shape index (κ3) is 2.41. The van der Waals surface area contributed by atoms with Gasteiger partial charge in [0.2, 0.25) is 0 Å². The van der Waals surface area contributed by atoms with E-state index in [4.69, 9.17) is 0 Å². The summed E-state index contributed by atoms with van der Waals surface area (Å²) in [7, 11) is 0. The second-order valence-corrected chi connectivity index (χ2v) is 7.65. The molecule has 4 heteroatoms. The van der Waals surface area contributed by atoms with E-state index in [1.54, 1.807) is 6.20 Å². The molecule has 23 heavy (non-hydrogen) atoms. The van der Waals surface area contributed by atoms with E-state index in [0.717, 1.165) is 29.4 Å². The van der Waals surface area contributed by atoms with Crippen LogP contribution in [0.1, 0.15) is 43.6 Å². The zero-order valence-corrected chi connectivity index (χ0v) is 13.7. The third-order valence-corrected chi connectivity index (χ3v) is 6.21. The van der Waals surface area contributed by atoms with E-state index in [2.05, 4.69) is 29.1 Å². The first-order chi connectivity index (χ1) is 11.1. The molecule has 0 aliphatic heterocycles. The smallest absolute Gasteiger partial charge is 0.271 e. The molecule has 3 saturated carbocycles. The first-order valence-electron chi connectivity index (χ1n) is 8.55. The lowest BCUT2D eigenvalue weighted by atomic mass is 9.45. The fourth-order valence-corrected chi connectivity index (χ4v) is 4.59. The molecule has 1 amide bonds. The molecular formula is C19H23N3O. The number of para-hydroxylation sites is 2. The molecule has 4 nitrogen and oxygen atoms in total. The zero-order chi connectivity index (χ0) is 16.0. The maximum absolute atomic E-state index is 12.4. The Morgan fingerprint density at radius 1 is 1.26 bits per heavy atom. The van der Waals surface area contributed by atoms with E-state index in [1.165, 1.54) is 19.3 Å². The summed E-state index contributed by atoms with van der Waals surface area (Å²) in [5.41, 5.74) is 2.45. The van der Waals surface area contributed by atoms with Crippen LogP contribution < -0.4 is 5.32 Å². The Kier molecular flexibility index (Phi) is 3.36. The molecule has 0 spiro atoms. The molecule has 1 unspecified atom stereocenters. The number of rotatable bonds is 3. The highest BCUT2D eigenvalue weighted by Gasteiger charge is 2.53. The van der Waals surface area contributed by atoms with Crippen molar-refractivity contribution < 1.29 is 4.79 Å². The molecule has 5 rings (SSSR count). The number of nitrogens with zero attached hydrogens (tertiary/aromatic N) is 2. The standard InChI is InChI=1S/C19H23N3O/c1-19(2)13-8-7-12(14(19)9-13)10-21-18(23)17-11-20-15-5-3-4-6-16(15)22-17/h3-6,11-14H,7-10H2,1-2H3,(H,21,23)/t12?,13-,14-/m0/s1. The minimum atomic E-state index is -0.109. The molecule has 2 bridgehead atoms. The predicted molar refractivity (Wildman–Crippen MR) is 90.0 cm³/mol. The van der Waals surface area contributed by atoms with Crippen LogP contribution in [0.15, 0.2) is 30.5 Å². The highest BCUT2D eigenvalue weighted by atomic mass is 16.1. The number of carbonyl (C=O) groups is 1. The molecule has 1 aromatic heterocycles. The topological polar surface area (TPSA) is 54.9 Å². The van der Waals surface area contributed by atoms with Gasteiger partial charge in [0.25, 0.3) is 5.91 Å². The quantitative estimate of drug-likeness (QED) is 0.945. The SMILES string of the molecule is CC1(C)[C@H]2CCC(CNC(=O)c3cnc4ccccc4n3)[C@@H]1C2. The molecular weight excluding hydrogens is 286 g/mol. The largest absolute Gasteiger partial charge is 0.350 e. The number of nitrogens with one attached hydrogen (secondary N) is 1. The molecule has 0 radical (unpaired) electrons. The summed E-state index contributed by atoms with van der Waals surface area (Å²) in [6, 6.07) is 7.63. The number of hydrogen-bond acceptors (Lipinski definition) is 3. The van der Waals surface area contributed by atoms with Crippen molar-refractivity contribution in [2.75, 3.05) is 6.54 Å². The Morgan fingerprint density at radius 2 is 2.04 bits per heavy atom. The summed E-state index contributed by atoms with van der Waals surface area (Å²) >= 11 is 0. The van der Waals surface area contributed by atoms with Gasteiger partial charge in [-0.05, 0) is 54.6 Å². The van der Waals surface area contributed by atoms with Gasteiger partial charge in [0.15, 0.2) is 0 Å². The van der Waals surface area contributed by atoms with Crippen LogP contribution in [-0.4, -0.2) is 22.4 Å². The number of fused-ring (bicyclic) bond motifs is 3. The molecule has 3 aliphatic carbocycles. The Morgan fingerprint density at radius 3 is 2.78 bits per heavy atom. The van der Waals surface area contributed by atoms with Crippen LogP contribution in [0.2, 0.25) is 0 Å². The van der Waals surface area contributed by atoms with Gasteiger partial charge in [-0.15, -0.1) is 0 Å². The number of aromatic nitrogens is 2. The normalized spacial score (nSPS) is 28.2.